The van der Waals surface area contributed by atoms with Gasteiger partial charge in [-0.05, 0) is 36.8 Å². The fourth-order valence-electron chi connectivity index (χ4n) is 2.57. The zero-order valence-electron chi connectivity index (χ0n) is 15.2. The first kappa shape index (κ1) is 20.2. The van der Waals surface area contributed by atoms with Gasteiger partial charge in [-0.2, -0.15) is 0 Å². The molecule has 0 N–H and O–H groups in total. The summed E-state index contributed by atoms with van der Waals surface area (Å²) < 4.78 is 37.9. The van der Waals surface area contributed by atoms with Crippen LogP contribution in [0.15, 0.2) is 53.9 Å². The van der Waals surface area contributed by atoms with Gasteiger partial charge in [-0.3, -0.25) is 14.4 Å². The van der Waals surface area contributed by atoms with E-state index in [4.69, 9.17) is 9.47 Å². The molecule has 27 heavy (non-hydrogen) atoms. The molecular formula is C18H20N2O6S. The van der Waals surface area contributed by atoms with Crippen LogP contribution in [0.3, 0.4) is 0 Å². The number of non-ortho nitro benzene ring substituents is 1. The maximum absolute atomic E-state index is 13.2. The average molecular weight is 392 g/mol. The Morgan fingerprint density at radius 2 is 1.78 bits per heavy atom. The highest BCUT2D eigenvalue weighted by molar-refractivity contribution is 7.92. The molecule has 0 aromatic heterocycles. The van der Waals surface area contributed by atoms with Crippen molar-refractivity contribution in [3.8, 4) is 11.5 Å². The summed E-state index contributed by atoms with van der Waals surface area (Å²) >= 11 is 0. The van der Waals surface area contributed by atoms with Crippen molar-refractivity contribution >= 4 is 21.4 Å². The first-order chi connectivity index (χ1) is 12.8. The number of hydrogen-bond donors (Lipinski definition) is 0. The van der Waals surface area contributed by atoms with Crippen LogP contribution >= 0.6 is 0 Å². The van der Waals surface area contributed by atoms with Crippen molar-refractivity contribution in [3.63, 3.8) is 0 Å². The van der Waals surface area contributed by atoms with Crippen LogP contribution < -0.4 is 13.8 Å². The number of nitro groups is 1. The van der Waals surface area contributed by atoms with E-state index in [0.717, 1.165) is 10.4 Å². The lowest BCUT2D eigenvalue weighted by molar-refractivity contribution is -0.384. The largest absolute Gasteiger partial charge is 0.496 e. The van der Waals surface area contributed by atoms with Gasteiger partial charge in [0, 0.05) is 12.1 Å². The minimum atomic E-state index is -4.03. The van der Waals surface area contributed by atoms with Crippen molar-refractivity contribution in [1.29, 1.82) is 0 Å². The summed E-state index contributed by atoms with van der Waals surface area (Å²) in [6.45, 7) is 5.22. The Morgan fingerprint density at radius 3 is 2.30 bits per heavy atom. The molecule has 0 bridgehead atoms. The second kappa shape index (κ2) is 8.09. The van der Waals surface area contributed by atoms with E-state index in [-0.39, 0.29) is 28.6 Å². The minimum absolute atomic E-state index is 0.0243. The van der Waals surface area contributed by atoms with Gasteiger partial charge < -0.3 is 9.47 Å². The highest BCUT2D eigenvalue weighted by Crippen LogP contribution is 2.36. The second-order valence-electron chi connectivity index (χ2n) is 5.57. The molecule has 8 nitrogen and oxygen atoms in total. The van der Waals surface area contributed by atoms with Gasteiger partial charge in [-0.1, -0.05) is 6.08 Å². The first-order valence-corrected chi connectivity index (χ1v) is 9.31. The van der Waals surface area contributed by atoms with Crippen LogP contribution in [0, 0.1) is 17.0 Å². The predicted molar refractivity (Wildman–Crippen MR) is 102 cm³/mol. The topological polar surface area (TPSA) is 99.0 Å². The van der Waals surface area contributed by atoms with E-state index in [1.165, 1.54) is 44.6 Å². The molecule has 0 unspecified atom stereocenters. The Bertz CT molecular complexity index is 972. The zero-order valence-corrected chi connectivity index (χ0v) is 16.0. The summed E-state index contributed by atoms with van der Waals surface area (Å²) in [6, 6.07) is 8.22. The number of nitrogens with zero attached hydrogens (tertiary/aromatic N) is 2. The fraction of sp³-hybridized carbons (Fsp3) is 0.222. The summed E-state index contributed by atoms with van der Waals surface area (Å²) in [7, 11) is -1.18. The molecule has 0 heterocycles. The van der Waals surface area contributed by atoms with Crippen LogP contribution in [-0.2, 0) is 10.0 Å². The van der Waals surface area contributed by atoms with Crippen LogP contribution in [-0.4, -0.2) is 34.1 Å². The van der Waals surface area contributed by atoms with Gasteiger partial charge in [-0.15, -0.1) is 6.58 Å². The summed E-state index contributed by atoms with van der Waals surface area (Å²) in [5.74, 6) is 0.744. The van der Waals surface area contributed by atoms with E-state index in [9.17, 15) is 18.5 Å². The molecule has 2 rings (SSSR count). The third-order valence-corrected chi connectivity index (χ3v) is 5.67. The van der Waals surface area contributed by atoms with Crippen LogP contribution in [0.2, 0.25) is 0 Å². The molecular weight excluding hydrogens is 372 g/mol. The molecule has 0 fully saturated rings. The van der Waals surface area contributed by atoms with E-state index >= 15 is 0 Å². The molecule has 0 saturated heterocycles. The van der Waals surface area contributed by atoms with Crippen molar-refractivity contribution in [2.45, 2.75) is 11.8 Å². The van der Waals surface area contributed by atoms with Gasteiger partial charge in [0.1, 0.15) is 17.2 Å². The smallest absolute Gasteiger partial charge is 0.271 e. The van der Waals surface area contributed by atoms with Crippen molar-refractivity contribution in [2.75, 3.05) is 25.1 Å². The highest BCUT2D eigenvalue weighted by atomic mass is 32.2. The molecule has 0 saturated carbocycles. The normalized spacial score (nSPS) is 10.9. The number of nitro benzene ring substituents is 1. The lowest BCUT2D eigenvalue weighted by atomic mass is 10.2. The molecule has 2 aromatic carbocycles. The van der Waals surface area contributed by atoms with Gasteiger partial charge in [0.2, 0.25) is 0 Å². The monoisotopic (exact) mass is 392 g/mol. The highest BCUT2D eigenvalue weighted by Gasteiger charge is 2.28. The average Bonchev–Trinajstić information content (AvgIpc) is 2.65. The standard InChI is InChI=1S/C18H20N2O6S/c1-5-10-19(16-12-14(20(21)22)6-8-18(16)26-4)27(23,24)15-7-9-17(25-3)13(2)11-15/h5-9,11-12H,1,10H2,2-4H3. The Balaban J connectivity index is 2.66. The fourth-order valence-corrected chi connectivity index (χ4v) is 4.09. The van der Waals surface area contributed by atoms with Gasteiger partial charge in [0.05, 0.1) is 30.6 Å². The van der Waals surface area contributed by atoms with E-state index in [1.807, 2.05) is 0 Å². The second-order valence-corrected chi connectivity index (χ2v) is 7.43. The lowest BCUT2D eigenvalue weighted by Gasteiger charge is -2.25. The number of rotatable bonds is 8. The van der Waals surface area contributed by atoms with Crippen molar-refractivity contribution in [3.05, 3.63) is 64.7 Å². The van der Waals surface area contributed by atoms with Gasteiger partial charge >= 0.3 is 0 Å². The summed E-state index contributed by atoms with van der Waals surface area (Å²) in [5, 5.41) is 11.1. The SMILES string of the molecule is C=CCN(c1cc([N+](=O)[O-])ccc1OC)S(=O)(=O)c1ccc(OC)c(C)c1. The third kappa shape index (κ3) is 4.03. The van der Waals surface area contributed by atoms with Crippen molar-refractivity contribution in [1.82, 2.24) is 0 Å². The van der Waals surface area contributed by atoms with Gasteiger partial charge in [-0.25, -0.2) is 8.42 Å². The van der Waals surface area contributed by atoms with E-state index < -0.39 is 14.9 Å². The maximum Gasteiger partial charge on any atom is 0.271 e. The lowest BCUT2D eigenvalue weighted by Crippen LogP contribution is -2.31. The Kier molecular flexibility index (Phi) is 6.06. The van der Waals surface area contributed by atoms with Crippen molar-refractivity contribution in [2.24, 2.45) is 0 Å². The van der Waals surface area contributed by atoms with Crippen molar-refractivity contribution < 1.29 is 22.8 Å². The number of benzene rings is 2. The first-order valence-electron chi connectivity index (χ1n) is 7.87. The molecule has 0 aliphatic carbocycles. The Labute approximate surface area is 157 Å². The Morgan fingerprint density at radius 1 is 1.15 bits per heavy atom. The van der Waals surface area contributed by atoms with Crippen LogP contribution in [0.25, 0.3) is 0 Å². The van der Waals surface area contributed by atoms with E-state index in [1.54, 1.807) is 13.0 Å². The molecule has 0 aliphatic rings. The molecule has 0 atom stereocenters. The molecule has 0 radical (unpaired) electrons. The minimum Gasteiger partial charge on any atom is -0.496 e. The van der Waals surface area contributed by atoms with Gasteiger partial charge in [0.15, 0.2) is 0 Å². The van der Waals surface area contributed by atoms with E-state index in [0.29, 0.717) is 11.3 Å². The number of aryl methyl sites for hydroxylation is 1. The number of ether oxygens (including phenoxy) is 2. The number of methoxy groups -OCH3 is 2. The van der Waals surface area contributed by atoms with Crippen LogP contribution in [0.1, 0.15) is 5.56 Å². The molecule has 0 spiro atoms. The maximum atomic E-state index is 13.2. The number of anilines is 1. The molecule has 144 valence electrons. The molecule has 2 aromatic rings. The quantitative estimate of drug-likeness (QED) is 0.388. The Hall–Kier alpha value is -3.07. The molecule has 0 amide bonds. The number of hydrogen-bond acceptors (Lipinski definition) is 6. The van der Waals surface area contributed by atoms with Gasteiger partial charge in [0.25, 0.3) is 15.7 Å². The molecule has 0 aliphatic heterocycles. The molecule has 9 heteroatoms. The summed E-state index contributed by atoms with van der Waals surface area (Å²) in [4.78, 5) is 10.6. The van der Waals surface area contributed by atoms with E-state index in [2.05, 4.69) is 6.58 Å². The summed E-state index contributed by atoms with van der Waals surface area (Å²) in [6.07, 6.45) is 1.40. The van der Waals surface area contributed by atoms with Crippen LogP contribution in [0.4, 0.5) is 11.4 Å². The third-order valence-electron chi connectivity index (χ3n) is 3.89. The zero-order chi connectivity index (χ0) is 20.2. The summed E-state index contributed by atoms with van der Waals surface area (Å²) in [5.41, 5.74) is 0.448. The predicted octanol–water partition coefficient (Wildman–Crippen LogP) is 3.30. The van der Waals surface area contributed by atoms with Crippen LogP contribution in [0.5, 0.6) is 11.5 Å². The number of sulfonamides is 1.